The number of methoxy groups -OCH3 is 1. The van der Waals surface area contributed by atoms with E-state index >= 15 is 0 Å². The molecule has 20 nitrogen and oxygen atoms in total. The first-order valence-corrected chi connectivity index (χ1v) is 21.4. The Labute approximate surface area is 343 Å². The first-order chi connectivity index (χ1) is 28.5. The van der Waals surface area contributed by atoms with Crippen molar-refractivity contribution in [3.05, 3.63) is 42.1 Å². The Hall–Kier alpha value is -5.04. The number of carbonyl (C=O) groups excluding carboxylic acids is 5. The molecule has 3 heterocycles. The third-order valence-electron chi connectivity index (χ3n) is 9.07. The van der Waals surface area contributed by atoms with Gasteiger partial charge in [0.25, 0.3) is 5.91 Å². The molecule has 4 rings (SSSR count). The predicted molar refractivity (Wildman–Crippen MR) is 211 cm³/mol. The average Bonchev–Trinajstić information content (AvgIpc) is 3.74. The molecule has 326 valence electrons. The number of rotatable bonds is 21. The molecule has 0 aliphatic carbocycles. The zero-order chi connectivity index (χ0) is 42.6. The Balaban J connectivity index is 1.62. The fraction of sp³-hybridized carbons (Fsp3) is 0.605. The summed E-state index contributed by atoms with van der Waals surface area (Å²) in [6.45, 7) is 5.47. The number of anilines is 1. The molecule has 0 saturated carbocycles. The second kappa shape index (κ2) is 24.1. The van der Waals surface area contributed by atoms with Crippen molar-refractivity contribution in [2.45, 2.75) is 52.2 Å². The largest absolute Gasteiger partial charge is 0.508 e. The van der Waals surface area contributed by atoms with Crippen LogP contribution in [0.25, 0.3) is 11.4 Å². The van der Waals surface area contributed by atoms with Crippen LogP contribution >= 0.6 is 7.60 Å². The lowest BCUT2D eigenvalue weighted by molar-refractivity contribution is -0.134. The van der Waals surface area contributed by atoms with Crippen molar-refractivity contribution in [1.29, 1.82) is 0 Å². The van der Waals surface area contributed by atoms with Crippen LogP contribution in [0.15, 0.2) is 36.4 Å². The van der Waals surface area contributed by atoms with Crippen molar-refractivity contribution in [2.75, 3.05) is 104 Å². The van der Waals surface area contributed by atoms with Gasteiger partial charge in [-0.1, -0.05) is 43.7 Å². The highest BCUT2D eigenvalue weighted by atomic mass is 31.2. The molecule has 1 aromatic carbocycles. The molecule has 2 atom stereocenters. The number of benzene rings is 1. The van der Waals surface area contributed by atoms with Crippen molar-refractivity contribution >= 4 is 43.6 Å². The van der Waals surface area contributed by atoms with Crippen LogP contribution < -0.4 is 10.2 Å². The molecule has 0 spiro atoms. The van der Waals surface area contributed by atoms with Crippen molar-refractivity contribution in [3.63, 3.8) is 0 Å². The number of carbonyl (C=O) groups is 5. The van der Waals surface area contributed by atoms with Crippen LogP contribution in [0, 0.1) is 0 Å². The monoisotopic (exact) mass is 850 g/mol. The molecule has 0 bridgehead atoms. The summed E-state index contributed by atoms with van der Waals surface area (Å²) in [7, 11) is -2.75. The Morgan fingerprint density at radius 1 is 0.797 bits per heavy atom. The third-order valence-corrected chi connectivity index (χ3v) is 11.0. The topological polar surface area (TPSA) is 224 Å². The van der Waals surface area contributed by atoms with Crippen LogP contribution in [0.5, 0.6) is 0 Å². The predicted octanol–water partition coefficient (Wildman–Crippen LogP) is 4.12. The summed E-state index contributed by atoms with van der Waals surface area (Å²) in [6.07, 6.45) is -0.875. The lowest BCUT2D eigenvalue weighted by atomic mass is 10.2. The maximum absolute atomic E-state index is 14.4. The number of aromatic nitrogens is 2. The summed E-state index contributed by atoms with van der Waals surface area (Å²) < 4.78 is 56.0. The maximum atomic E-state index is 14.4. The van der Waals surface area contributed by atoms with Gasteiger partial charge in [0.05, 0.1) is 45.3 Å². The highest BCUT2D eigenvalue weighted by Crippen LogP contribution is 2.49. The molecule has 1 unspecified atom stereocenters. The van der Waals surface area contributed by atoms with Crippen LogP contribution in [-0.2, 0) is 46.8 Å². The molecular weight excluding hydrogens is 795 g/mol. The van der Waals surface area contributed by atoms with Crippen molar-refractivity contribution in [2.24, 2.45) is 0 Å². The highest BCUT2D eigenvalue weighted by molar-refractivity contribution is 7.54. The van der Waals surface area contributed by atoms with Crippen molar-refractivity contribution in [3.8, 4) is 11.4 Å². The Morgan fingerprint density at radius 3 is 2.00 bits per heavy atom. The molecule has 21 heteroatoms. The SMILES string of the molecule is CCCCOC(=O)N1CCN(C(=O)C(CP(=O)(OCCOC(=O)OCC)OCCOC(=O)OCC)NC(=O)c2cc(N3CC[C@H](OC)C3)nc(-c3ccccc3)n2)CC1. The van der Waals surface area contributed by atoms with Gasteiger partial charge < -0.3 is 57.5 Å². The van der Waals surface area contributed by atoms with E-state index in [1.54, 1.807) is 33.1 Å². The highest BCUT2D eigenvalue weighted by Gasteiger charge is 2.38. The average molecular weight is 851 g/mol. The van der Waals surface area contributed by atoms with E-state index in [0.717, 1.165) is 12.8 Å². The molecule has 1 aromatic heterocycles. The van der Waals surface area contributed by atoms with Crippen LogP contribution in [-0.4, -0.2) is 161 Å². The van der Waals surface area contributed by atoms with E-state index in [1.165, 1.54) is 15.9 Å². The van der Waals surface area contributed by atoms with Crippen LogP contribution in [0.1, 0.15) is 50.5 Å². The second-order valence-corrected chi connectivity index (χ2v) is 15.3. The first-order valence-electron chi connectivity index (χ1n) is 19.7. The molecular formula is C38H55N6O14P. The van der Waals surface area contributed by atoms with Gasteiger partial charge in [0, 0.05) is 58.0 Å². The molecule has 0 radical (unpaired) electrons. The standard InChI is InChI=1S/C38H55N6O14P/c1-5-8-20-54-36(47)43-18-16-42(17-19-43)35(46)31(27-59(50,57-23-21-55-37(48)52-6-2)58-24-22-56-38(49)53-7-3)40-34(45)30-25-32(44-15-14-29(26-44)51-4)41-33(39-30)28-12-10-9-11-13-28/h9-13,25,29,31H,5-8,14-24,26-27H2,1-4H3,(H,40,45)/t29-,31?/m0/s1. The molecule has 59 heavy (non-hydrogen) atoms. The summed E-state index contributed by atoms with van der Waals surface area (Å²) in [5, 5.41) is 2.71. The Morgan fingerprint density at radius 2 is 1.42 bits per heavy atom. The molecule has 2 aromatic rings. The van der Waals surface area contributed by atoms with E-state index in [2.05, 4.69) is 10.3 Å². The number of amides is 3. The summed E-state index contributed by atoms with van der Waals surface area (Å²) in [5.41, 5.74) is 0.570. The van der Waals surface area contributed by atoms with Gasteiger partial charge in [-0.3, -0.25) is 14.2 Å². The van der Waals surface area contributed by atoms with E-state index in [4.69, 9.17) is 42.5 Å². The summed E-state index contributed by atoms with van der Waals surface area (Å²) >= 11 is 0. The number of nitrogens with zero attached hydrogens (tertiary/aromatic N) is 5. The van der Waals surface area contributed by atoms with Crippen LogP contribution in [0.3, 0.4) is 0 Å². The number of hydrogen-bond donors (Lipinski definition) is 1. The molecule has 1 N–H and O–H groups in total. The van der Waals surface area contributed by atoms with E-state index in [-0.39, 0.29) is 76.8 Å². The zero-order valence-electron chi connectivity index (χ0n) is 34.0. The van der Waals surface area contributed by atoms with E-state index in [0.29, 0.717) is 30.9 Å². The fourth-order valence-corrected chi connectivity index (χ4v) is 7.67. The van der Waals surface area contributed by atoms with Gasteiger partial charge in [0.1, 0.15) is 30.8 Å². The number of piperazine rings is 1. The third kappa shape index (κ3) is 14.9. The number of unbranched alkanes of at least 4 members (excludes halogenated alkanes) is 1. The van der Waals surface area contributed by atoms with Gasteiger partial charge in [-0.15, -0.1) is 0 Å². The van der Waals surface area contributed by atoms with Gasteiger partial charge in [0.15, 0.2) is 5.82 Å². The fourth-order valence-electron chi connectivity index (χ4n) is 5.99. The minimum absolute atomic E-state index is 0.0393. The maximum Gasteiger partial charge on any atom is 0.508 e. The number of ether oxygens (including phenoxy) is 6. The van der Waals surface area contributed by atoms with Gasteiger partial charge in [-0.2, -0.15) is 0 Å². The van der Waals surface area contributed by atoms with Crippen molar-refractivity contribution in [1.82, 2.24) is 25.1 Å². The Kier molecular flexibility index (Phi) is 19.1. The van der Waals surface area contributed by atoms with E-state index in [9.17, 15) is 28.5 Å². The van der Waals surface area contributed by atoms with Gasteiger partial charge in [-0.25, -0.2) is 24.4 Å². The summed E-state index contributed by atoms with van der Waals surface area (Å²) in [6, 6.07) is 9.05. The number of hydrogen-bond acceptors (Lipinski definition) is 17. The van der Waals surface area contributed by atoms with Crippen LogP contribution in [0.4, 0.5) is 20.2 Å². The molecule has 2 aliphatic rings. The first kappa shape index (κ1) is 46.6. The molecule has 2 saturated heterocycles. The van der Waals surface area contributed by atoms with Crippen molar-refractivity contribution < 1.29 is 66.0 Å². The smallest absolute Gasteiger partial charge is 0.449 e. The Bertz CT molecular complexity index is 1700. The lowest BCUT2D eigenvalue weighted by Crippen LogP contribution is -2.57. The summed E-state index contributed by atoms with van der Waals surface area (Å²) in [5.74, 6) is -0.698. The quantitative estimate of drug-likeness (QED) is 0.0807. The zero-order valence-corrected chi connectivity index (χ0v) is 34.9. The van der Waals surface area contributed by atoms with Crippen LogP contribution in [0.2, 0.25) is 0 Å². The normalized spacial score (nSPS) is 15.9. The van der Waals surface area contributed by atoms with Gasteiger partial charge >= 0.3 is 26.0 Å². The molecule has 2 aliphatic heterocycles. The second-order valence-electron chi connectivity index (χ2n) is 13.2. The number of nitrogens with one attached hydrogen (secondary N) is 1. The van der Waals surface area contributed by atoms with E-state index < -0.39 is 63.2 Å². The molecule has 3 amide bonds. The van der Waals surface area contributed by atoms with Gasteiger partial charge in [0.2, 0.25) is 5.91 Å². The minimum Gasteiger partial charge on any atom is -0.449 e. The lowest BCUT2D eigenvalue weighted by Gasteiger charge is -2.36. The molecule has 2 fully saturated rings. The summed E-state index contributed by atoms with van der Waals surface area (Å²) in [4.78, 5) is 79.0. The van der Waals surface area contributed by atoms with Gasteiger partial charge in [-0.05, 0) is 26.7 Å². The minimum atomic E-state index is -4.38. The van der Waals surface area contributed by atoms with E-state index in [1.807, 2.05) is 30.0 Å².